The Morgan fingerprint density at radius 2 is 1.62 bits per heavy atom. The summed E-state index contributed by atoms with van der Waals surface area (Å²) in [6.45, 7) is 11.4. The van der Waals surface area contributed by atoms with Crippen molar-refractivity contribution in [1.82, 2.24) is 0 Å². The number of alkyl halides is 1. The molecule has 0 aromatic heterocycles. The van der Waals surface area contributed by atoms with E-state index in [0.29, 0.717) is 5.92 Å². The average Bonchev–Trinajstić information content (AvgIpc) is 2.16. The van der Waals surface area contributed by atoms with E-state index < -0.39 is 0 Å². The second kappa shape index (κ2) is 7.17. The molecule has 0 heterocycles. The Morgan fingerprint density at radius 1 is 1.19 bits per heavy atom. The highest BCUT2D eigenvalue weighted by Crippen LogP contribution is 2.37. The highest BCUT2D eigenvalue weighted by molar-refractivity contribution is 9.10. The molecule has 0 bridgehead atoms. The summed E-state index contributed by atoms with van der Waals surface area (Å²) in [6, 6.07) is 0. The summed E-state index contributed by atoms with van der Waals surface area (Å²) >= 11 is 3.78. The predicted octanol–water partition coefficient (Wildman–Crippen LogP) is 3.82. The first kappa shape index (κ1) is 16.7. The van der Waals surface area contributed by atoms with Gasteiger partial charge in [0.1, 0.15) is 10.5 Å². The van der Waals surface area contributed by atoms with Crippen molar-refractivity contribution in [2.45, 2.75) is 76.6 Å². The Morgan fingerprint density at radius 3 is 1.88 bits per heavy atom. The van der Waals surface area contributed by atoms with Crippen LogP contribution in [0.2, 0.25) is 0 Å². The van der Waals surface area contributed by atoms with Gasteiger partial charge < -0.3 is 4.43 Å². The fraction of sp³-hybridized carbons (Fsp3) is 1.00. The van der Waals surface area contributed by atoms with Gasteiger partial charge in [-0.2, -0.15) is 0 Å². The summed E-state index contributed by atoms with van der Waals surface area (Å²) in [5, 5.41) is 0. The fourth-order valence-electron chi connectivity index (χ4n) is 2.33. The summed E-state index contributed by atoms with van der Waals surface area (Å²) in [5.74, 6) is 0.638. The molecule has 98 valence electrons. The van der Waals surface area contributed by atoms with E-state index in [1.807, 2.05) is 0 Å². The van der Waals surface area contributed by atoms with Gasteiger partial charge in [-0.1, -0.05) is 49.5 Å². The van der Waals surface area contributed by atoms with E-state index in [9.17, 15) is 0 Å². The van der Waals surface area contributed by atoms with E-state index in [1.165, 1.54) is 32.1 Å². The minimum Gasteiger partial charge on any atom is -0.422 e. The smallest absolute Gasteiger partial charge is 0.146 e. The van der Waals surface area contributed by atoms with Crippen LogP contribution in [0.25, 0.3) is 0 Å². The van der Waals surface area contributed by atoms with Crippen molar-refractivity contribution in [3.63, 3.8) is 0 Å². The Kier molecular flexibility index (Phi) is 7.47. The molecule has 0 spiro atoms. The molecule has 0 aromatic rings. The van der Waals surface area contributed by atoms with Crippen LogP contribution in [0.5, 0.6) is 0 Å². The maximum absolute atomic E-state index is 6.00. The van der Waals surface area contributed by atoms with Crippen molar-refractivity contribution in [3.05, 3.63) is 0 Å². The van der Waals surface area contributed by atoms with Crippen molar-refractivity contribution in [2.75, 3.05) is 0 Å². The van der Waals surface area contributed by atoms with Gasteiger partial charge in [0.25, 0.3) is 0 Å². The zero-order chi connectivity index (χ0) is 12.8. The van der Waals surface area contributed by atoms with Gasteiger partial charge >= 0.3 is 0 Å². The first-order valence-electron chi connectivity index (χ1n) is 6.55. The molecule has 0 N–H and O–H groups in total. The highest BCUT2D eigenvalue weighted by atomic mass is 79.9. The summed E-state index contributed by atoms with van der Waals surface area (Å²) in [6.07, 6.45) is 6.03. The van der Waals surface area contributed by atoms with E-state index in [2.05, 4.69) is 50.5 Å². The summed E-state index contributed by atoms with van der Waals surface area (Å²) in [7, 11) is 0.852. The predicted molar refractivity (Wildman–Crippen MR) is 80.4 cm³/mol. The van der Waals surface area contributed by atoms with Gasteiger partial charge in [-0.05, 0) is 39.0 Å². The van der Waals surface area contributed by atoms with Gasteiger partial charge in [-0.25, -0.2) is 0 Å². The second-order valence-electron chi connectivity index (χ2n) is 5.56. The molecule has 16 heavy (non-hydrogen) atoms. The first-order valence-corrected chi connectivity index (χ1v) is 8.16. The molecule has 1 nitrogen and oxygen atoms in total. The van der Waals surface area contributed by atoms with E-state index >= 15 is 0 Å². The molecule has 0 saturated heterocycles. The van der Waals surface area contributed by atoms with Gasteiger partial charge in [0.15, 0.2) is 0 Å². The third-order valence-electron chi connectivity index (χ3n) is 3.69. The normalized spacial score (nSPS) is 15.4. The van der Waals surface area contributed by atoms with E-state index in [-0.39, 0.29) is 9.93 Å². The fourth-order valence-corrected chi connectivity index (χ4v) is 3.07. The summed E-state index contributed by atoms with van der Waals surface area (Å²) in [5.41, 5.74) is 0.153. The monoisotopic (exact) mass is 308 g/mol. The van der Waals surface area contributed by atoms with Crippen LogP contribution in [-0.2, 0) is 4.43 Å². The maximum atomic E-state index is 6.00. The third-order valence-corrected chi connectivity index (χ3v) is 5.34. The Balaban J connectivity index is 4.63. The summed E-state index contributed by atoms with van der Waals surface area (Å²) < 4.78 is 6.21. The third kappa shape index (κ3) is 5.33. The van der Waals surface area contributed by atoms with Gasteiger partial charge in [0, 0.05) is 4.32 Å². The Bertz CT molecular complexity index is 183. The van der Waals surface area contributed by atoms with E-state index in [1.54, 1.807) is 0 Å². The van der Waals surface area contributed by atoms with Crippen molar-refractivity contribution < 1.29 is 4.43 Å². The van der Waals surface area contributed by atoms with Crippen LogP contribution < -0.4 is 0 Å². The highest BCUT2D eigenvalue weighted by Gasteiger charge is 2.34. The topological polar surface area (TPSA) is 9.23 Å². The Hall–Kier alpha value is 0.657. The minimum absolute atomic E-state index is 0.153. The van der Waals surface area contributed by atoms with Crippen molar-refractivity contribution >= 4 is 26.4 Å². The molecule has 0 aliphatic carbocycles. The van der Waals surface area contributed by atoms with Gasteiger partial charge in [-0.15, -0.1) is 0 Å². The van der Waals surface area contributed by atoms with Gasteiger partial charge in [-0.3, -0.25) is 0 Å². The molecule has 0 saturated carbocycles. The zero-order valence-corrected chi connectivity index (χ0v) is 15.5. The molecule has 0 amide bonds. The van der Waals surface area contributed by atoms with Crippen LogP contribution in [0, 0.1) is 5.92 Å². The van der Waals surface area contributed by atoms with Crippen molar-refractivity contribution in [2.24, 2.45) is 5.92 Å². The number of halogens is 1. The second-order valence-corrected chi connectivity index (χ2v) is 8.01. The van der Waals surface area contributed by atoms with Crippen LogP contribution in [0.3, 0.4) is 0 Å². The molecule has 0 radical (unpaired) electrons. The molecular weight excluding hydrogens is 280 g/mol. The lowest BCUT2D eigenvalue weighted by Gasteiger charge is -2.38. The van der Waals surface area contributed by atoms with Gasteiger partial charge in [0.2, 0.25) is 0 Å². The van der Waals surface area contributed by atoms with Crippen LogP contribution in [0.15, 0.2) is 0 Å². The molecule has 0 aliphatic heterocycles. The van der Waals surface area contributed by atoms with E-state index in [4.69, 9.17) is 4.43 Å². The molecular formula is C13H29BrOSi. The quantitative estimate of drug-likeness (QED) is 0.489. The first-order chi connectivity index (χ1) is 7.31. The van der Waals surface area contributed by atoms with Crippen molar-refractivity contribution in [1.29, 1.82) is 0 Å². The molecule has 1 atom stereocenters. The standard InChI is InChI=1S/C13H29BrOSi/c1-6-8-13(15-16,9-7-2)10-11(3)12(4,5)14/h11H,6-10H2,1-5,16H3. The molecule has 3 heteroatoms. The lowest BCUT2D eigenvalue weighted by Crippen LogP contribution is -2.37. The lowest BCUT2D eigenvalue weighted by atomic mass is 9.80. The number of hydrogen-bond donors (Lipinski definition) is 0. The maximum Gasteiger partial charge on any atom is 0.146 e. The molecule has 0 aliphatic rings. The number of rotatable bonds is 8. The van der Waals surface area contributed by atoms with Crippen molar-refractivity contribution in [3.8, 4) is 0 Å². The average molecular weight is 309 g/mol. The minimum atomic E-state index is 0.153. The molecule has 1 unspecified atom stereocenters. The van der Waals surface area contributed by atoms with E-state index in [0.717, 1.165) is 10.5 Å². The molecule has 0 aromatic carbocycles. The zero-order valence-electron chi connectivity index (χ0n) is 11.9. The SMILES string of the molecule is CCCC(CCC)(CC(C)C(C)(C)Br)O[SiH3]. The molecule has 0 fully saturated rings. The largest absolute Gasteiger partial charge is 0.422 e. The van der Waals surface area contributed by atoms with Crippen LogP contribution in [0.4, 0.5) is 0 Å². The van der Waals surface area contributed by atoms with Crippen LogP contribution >= 0.6 is 15.9 Å². The Labute approximate surface area is 113 Å². The van der Waals surface area contributed by atoms with Gasteiger partial charge in [0.05, 0.1) is 5.60 Å². The molecule has 0 rings (SSSR count). The van der Waals surface area contributed by atoms with Crippen LogP contribution in [0.1, 0.15) is 66.7 Å². The lowest BCUT2D eigenvalue weighted by molar-refractivity contribution is 0.0305. The summed E-state index contributed by atoms with van der Waals surface area (Å²) in [4.78, 5) is 0. The number of hydrogen-bond acceptors (Lipinski definition) is 1. The van der Waals surface area contributed by atoms with Crippen LogP contribution in [-0.4, -0.2) is 20.4 Å².